The van der Waals surface area contributed by atoms with E-state index >= 15 is 0 Å². The topological polar surface area (TPSA) is 115 Å². The van der Waals surface area contributed by atoms with Gasteiger partial charge in [0.25, 0.3) is 0 Å². The van der Waals surface area contributed by atoms with E-state index in [2.05, 4.69) is 15.3 Å². The number of pyridine rings is 1. The fourth-order valence-electron chi connectivity index (χ4n) is 3.86. The highest BCUT2D eigenvalue weighted by molar-refractivity contribution is 5.91. The van der Waals surface area contributed by atoms with Gasteiger partial charge in [0.05, 0.1) is 12.3 Å². The van der Waals surface area contributed by atoms with Gasteiger partial charge in [-0.2, -0.15) is 0 Å². The molecule has 0 saturated carbocycles. The van der Waals surface area contributed by atoms with Crippen molar-refractivity contribution in [2.24, 2.45) is 0 Å². The monoisotopic (exact) mass is 511 g/mol. The van der Waals surface area contributed by atoms with Crippen molar-refractivity contribution in [2.75, 3.05) is 6.61 Å². The Labute approximate surface area is 221 Å². The molecule has 194 valence electrons. The highest BCUT2D eigenvalue weighted by atomic mass is 16.5. The molecule has 0 radical (unpaired) electrons. The number of benzene rings is 2. The summed E-state index contributed by atoms with van der Waals surface area (Å²) in [5.74, 6) is 0.827. The maximum Gasteiger partial charge on any atom is 0.303 e. The number of oxazole rings is 1. The van der Waals surface area contributed by atoms with E-state index in [4.69, 9.17) is 14.3 Å². The zero-order chi connectivity index (χ0) is 26.7. The molecule has 0 fully saturated rings. The number of carboxylic acid groups (broad SMARTS) is 1. The van der Waals surface area contributed by atoms with Crippen molar-refractivity contribution in [1.82, 2.24) is 15.3 Å². The number of hydrogen-bond acceptors (Lipinski definition) is 6. The predicted octanol–water partition coefficient (Wildman–Crippen LogP) is 5.01. The van der Waals surface area contributed by atoms with E-state index in [0.29, 0.717) is 31.1 Å². The van der Waals surface area contributed by atoms with Crippen LogP contribution in [-0.2, 0) is 29.0 Å². The number of carbonyl (C=O) groups is 2. The average molecular weight is 512 g/mol. The van der Waals surface area contributed by atoms with E-state index < -0.39 is 5.97 Å². The van der Waals surface area contributed by atoms with E-state index in [1.807, 2.05) is 55.5 Å². The molecule has 2 N–H and O–H groups in total. The Hall–Kier alpha value is -4.72. The summed E-state index contributed by atoms with van der Waals surface area (Å²) < 4.78 is 11.8. The largest absolute Gasteiger partial charge is 0.493 e. The summed E-state index contributed by atoms with van der Waals surface area (Å²) in [5.41, 5.74) is 4.26. The zero-order valence-electron chi connectivity index (χ0n) is 21.1. The molecule has 0 aliphatic carbocycles. The Morgan fingerprint density at radius 2 is 1.82 bits per heavy atom. The van der Waals surface area contributed by atoms with Gasteiger partial charge in [0, 0.05) is 43.4 Å². The van der Waals surface area contributed by atoms with Crippen LogP contribution in [0.1, 0.15) is 34.6 Å². The molecule has 0 unspecified atom stereocenters. The number of ether oxygens (including phenoxy) is 1. The first-order valence-electron chi connectivity index (χ1n) is 12.3. The smallest absolute Gasteiger partial charge is 0.303 e. The number of nitrogens with zero attached hydrogens (tertiary/aromatic N) is 2. The van der Waals surface area contributed by atoms with Crippen LogP contribution in [0.25, 0.3) is 17.5 Å². The Balaban J connectivity index is 1.38. The summed E-state index contributed by atoms with van der Waals surface area (Å²) >= 11 is 0. The van der Waals surface area contributed by atoms with Gasteiger partial charge in [-0.1, -0.05) is 24.3 Å². The van der Waals surface area contributed by atoms with E-state index in [-0.39, 0.29) is 18.9 Å². The Morgan fingerprint density at radius 1 is 1.03 bits per heavy atom. The van der Waals surface area contributed by atoms with Crippen LogP contribution in [0.2, 0.25) is 0 Å². The quantitative estimate of drug-likeness (QED) is 0.257. The molecular weight excluding hydrogens is 482 g/mol. The first-order chi connectivity index (χ1) is 18.5. The van der Waals surface area contributed by atoms with Crippen molar-refractivity contribution >= 4 is 18.0 Å². The molecule has 2 aromatic heterocycles. The normalized spacial score (nSPS) is 11.0. The summed E-state index contributed by atoms with van der Waals surface area (Å²) in [5, 5.41) is 12.0. The molecule has 8 heteroatoms. The number of nitrogens with one attached hydrogen (secondary N) is 1. The maximum atomic E-state index is 12.4. The van der Waals surface area contributed by atoms with E-state index in [0.717, 1.165) is 33.7 Å². The van der Waals surface area contributed by atoms with Gasteiger partial charge < -0.3 is 19.6 Å². The number of amides is 1. The molecule has 8 nitrogen and oxygen atoms in total. The van der Waals surface area contributed by atoms with Gasteiger partial charge in [-0.3, -0.25) is 14.6 Å². The summed E-state index contributed by atoms with van der Waals surface area (Å²) in [6.45, 7) is 2.51. The van der Waals surface area contributed by atoms with Crippen molar-refractivity contribution in [3.63, 3.8) is 0 Å². The Morgan fingerprint density at radius 3 is 2.58 bits per heavy atom. The standard InChI is InChI=1S/C30H29N3O5/c1-21-27(33-30(38-21)24-5-3-2-4-6-24)15-18-37-26-10-8-23(9-12-29(35)36)25(19-26)20-32-28(34)11-7-22-13-16-31-17-14-22/h2-8,10-11,13-14,16-17,19H,9,12,15,18,20H2,1H3,(H,32,34)(H,35,36). The Bertz CT molecular complexity index is 1400. The van der Waals surface area contributed by atoms with Crippen LogP contribution in [0.4, 0.5) is 0 Å². The lowest BCUT2D eigenvalue weighted by Gasteiger charge is -2.13. The van der Waals surface area contributed by atoms with Crippen molar-refractivity contribution in [2.45, 2.75) is 32.7 Å². The van der Waals surface area contributed by atoms with Crippen LogP contribution in [0.15, 0.2) is 83.6 Å². The maximum absolute atomic E-state index is 12.4. The molecule has 0 atom stereocenters. The Kier molecular flexibility index (Phi) is 9.02. The fraction of sp³-hybridized carbons (Fsp3) is 0.200. The van der Waals surface area contributed by atoms with Crippen LogP contribution in [0.3, 0.4) is 0 Å². The highest BCUT2D eigenvalue weighted by Crippen LogP contribution is 2.23. The summed E-state index contributed by atoms with van der Waals surface area (Å²) in [7, 11) is 0. The van der Waals surface area contributed by atoms with Gasteiger partial charge in [-0.15, -0.1) is 0 Å². The molecule has 0 aliphatic rings. The molecule has 38 heavy (non-hydrogen) atoms. The van der Waals surface area contributed by atoms with Gasteiger partial charge in [0.15, 0.2) is 0 Å². The second-order valence-corrected chi connectivity index (χ2v) is 8.64. The molecule has 0 saturated heterocycles. The summed E-state index contributed by atoms with van der Waals surface area (Å²) in [6, 6.07) is 18.8. The molecule has 4 aromatic rings. The minimum Gasteiger partial charge on any atom is -0.493 e. The average Bonchev–Trinajstić information content (AvgIpc) is 3.31. The molecule has 0 bridgehead atoms. The number of carbonyl (C=O) groups excluding carboxylic acids is 1. The molecule has 1 amide bonds. The van der Waals surface area contributed by atoms with Gasteiger partial charge in [0.2, 0.25) is 11.8 Å². The first-order valence-corrected chi connectivity index (χ1v) is 12.3. The SMILES string of the molecule is Cc1oc(-c2ccccc2)nc1CCOc1ccc(CCC(=O)O)c(CNC(=O)C=Cc2ccncc2)c1. The van der Waals surface area contributed by atoms with E-state index in [1.165, 1.54) is 6.08 Å². The third-order valence-corrected chi connectivity index (χ3v) is 5.89. The summed E-state index contributed by atoms with van der Waals surface area (Å²) in [6.07, 6.45) is 7.39. The molecule has 2 heterocycles. The van der Waals surface area contributed by atoms with Crippen LogP contribution in [0, 0.1) is 6.92 Å². The number of carboxylic acids is 1. The van der Waals surface area contributed by atoms with Crippen LogP contribution >= 0.6 is 0 Å². The zero-order valence-corrected chi connectivity index (χ0v) is 21.1. The van der Waals surface area contributed by atoms with Crippen LogP contribution < -0.4 is 10.1 Å². The second kappa shape index (κ2) is 13.0. The van der Waals surface area contributed by atoms with Crippen molar-refractivity contribution in [3.8, 4) is 17.2 Å². The predicted molar refractivity (Wildman–Crippen MR) is 143 cm³/mol. The number of aliphatic carboxylic acids is 1. The van der Waals surface area contributed by atoms with E-state index in [1.54, 1.807) is 30.6 Å². The van der Waals surface area contributed by atoms with E-state index in [9.17, 15) is 9.59 Å². The molecule has 0 aliphatic heterocycles. The lowest BCUT2D eigenvalue weighted by molar-refractivity contribution is -0.137. The lowest BCUT2D eigenvalue weighted by Crippen LogP contribution is -2.21. The number of hydrogen-bond donors (Lipinski definition) is 2. The third-order valence-electron chi connectivity index (χ3n) is 5.89. The number of rotatable bonds is 12. The molecule has 0 spiro atoms. The number of aryl methyl sites for hydroxylation is 2. The van der Waals surface area contributed by atoms with Gasteiger partial charge in [-0.05, 0) is 72.5 Å². The lowest BCUT2D eigenvalue weighted by atomic mass is 10.0. The van der Waals surface area contributed by atoms with Crippen LogP contribution in [-0.4, -0.2) is 33.6 Å². The van der Waals surface area contributed by atoms with Crippen molar-refractivity contribution in [3.05, 3.63) is 107 Å². The minimum atomic E-state index is -0.876. The van der Waals surface area contributed by atoms with Crippen molar-refractivity contribution < 1.29 is 23.8 Å². The minimum absolute atomic E-state index is 0.00171. The van der Waals surface area contributed by atoms with Crippen molar-refractivity contribution in [1.29, 1.82) is 0 Å². The second-order valence-electron chi connectivity index (χ2n) is 8.64. The first kappa shape index (κ1) is 26.3. The third kappa shape index (κ3) is 7.64. The molecule has 4 rings (SSSR count). The highest BCUT2D eigenvalue weighted by Gasteiger charge is 2.12. The fourth-order valence-corrected chi connectivity index (χ4v) is 3.86. The summed E-state index contributed by atoms with van der Waals surface area (Å²) in [4.78, 5) is 32.0. The van der Waals surface area contributed by atoms with Crippen LogP contribution in [0.5, 0.6) is 5.75 Å². The number of aromatic nitrogens is 2. The van der Waals surface area contributed by atoms with Gasteiger partial charge in [-0.25, -0.2) is 4.98 Å². The van der Waals surface area contributed by atoms with Gasteiger partial charge >= 0.3 is 5.97 Å². The molecular formula is C30H29N3O5. The molecule has 2 aromatic carbocycles. The van der Waals surface area contributed by atoms with Gasteiger partial charge in [0.1, 0.15) is 11.5 Å².